The molecular weight excluding hydrogens is 380 g/mol. The van der Waals surface area contributed by atoms with Gasteiger partial charge in [0.15, 0.2) is 22.5 Å². The van der Waals surface area contributed by atoms with E-state index in [4.69, 9.17) is 14.2 Å². The van der Waals surface area contributed by atoms with Crippen LogP contribution in [0.15, 0.2) is 29.6 Å². The Morgan fingerprint density at radius 2 is 2.00 bits per heavy atom. The second-order valence-corrected chi connectivity index (χ2v) is 6.66. The molecule has 8 nitrogen and oxygen atoms in total. The minimum atomic E-state index is -0.0886. The number of thioether (sulfide) groups is 1. The number of Topliss-reactive ketones (excluding diaryl/α,β-unsaturated/α-hetero) is 1. The van der Waals surface area contributed by atoms with Crippen LogP contribution in [0.2, 0.25) is 0 Å². The number of aromatic nitrogens is 3. The van der Waals surface area contributed by atoms with E-state index in [9.17, 15) is 4.79 Å². The molecule has 28 heavy (non-hydrogen) atoms. The Morgan fingerprint density at radius 1 is 1.21 bits per heavy atom. The lowest BCUT2D eigenvalue weighted by Gasteiger charge is -2.15. The van der Waals surface area contributed by atoms with E-state index in [1.165, 1.54) is 24.9 Å². The average Bonchev–Trinajstić information content (AvgIpc) is 3.16. The number of ether oxygens (including phenoxy) is 3. The van der Waals surface area contributed by atoms with Crippen LogP contribution in [0, 0.1) is 0 Å². The minimum absolute atomic E-state index is 0.0886. The minimum Gasteiger partial charge on any atom is -0.497 e. The highest BCUT2D eigenvalue weighted by Crippen LogP contribution is 2.34. The lowest BCUT2D eigenvalue weighted by molar-refractivity contribution is 0.101. The number of methoxy groups -OCH3 is 3. The third kappa shape index (κ3) is 3.57. The fourth-order valence-electron chi connectivity index (χ4n) is 2.90. The standard InChI is InChI=1S/C19H22N4O4S/c1-11(24)14-10-21-23-16(14)17(27-4)18(22-19(23)28-5)20-9-12-6-7-13(25-2)8-15(12)26-3/h6-8,10,20H,9H2,1-5H3. The maximum absolute atomic E-state index is 12.0. The molecule has 0 saturated carbocycles. The van der Waals surface area contributed by atoms with Gasteiger partial charge in [0.2, 0.25) is 0 Å². The zero-order valence-electron chi connectivity index (χ0n) is 16.4. The van der Waals surface area contributed by atoms with E-state index in [-0.39, 0.29) is 5.78 Å². The van der Waals surface area contributed by atoms with Gasteiger partial charge in [-0.15, -0.1) is 0 Å². The van der Waals surface area contributed by atoms with Crippen molar-refractivity contribution in [3.8, 4) is 17.2 Å². The van der Waals surface area contributed by atoms with Crippen molar-refractivity contribution in [2.45, 2.75) is 18.6 Å². The molecule has 0 amide bonds. The summed E-state index contributed by atoms with van der Waals surface area (Å²) in [4.78, 5) is 16.7. The number of ketones is 1. The molecule has 1 N–H and O–H groups in total. The lowest BCUT2D eigenvalue weighted by atomic mass is 10.1. The average molecular weight is 402 g/mol. The molecule has 9 heteroatoms. The Morgan fingerprint density at radius 3 is 2.61 bits per heavy atom. The molecule has 0 unspecified atom stereocenters. The molecule has 0 spiro atoms. The Hall–Kier alpha value is -2.94. The monoisotopic (exact) mass is 402 g/mol. The van der Waals surface area contributed by atoms with Crippen LogP contribution in [0.1, 0.15) is 22.8 Å². The van der Waals surface area contributed by atoms with Crippen LogP contribution < -0.4 is 19.5 Å². The molecule has 0 aliphatic rings. The van der Waals surface area contributed by atoms with E-state index in [1.807, 2.05) is 24.5 Å². The van der Waals surface area contributed by atoms with Gasteiger partial charge in [0, 0.05) is 18.2 Å². The first-order chi connectivity index (χ1) is 13.5. The molecular formula is C19H22N4O4S. The Bertz CT molecular complexity index is 1020. The summed E-state index contributed by atoms with van der Waals surface area (Å²) >= 11 is 1.43. The van der Waals surface area contributed by atoms with Crippen molar-refractivity contribution < 1.29 is 19.0 Å². The number of carbonyl (C=O) groups excluding carboxylic acids is 1. The summed E-state index contributed by atoms with van der Waals surface area (Å²) in [5.74, 6) is 2.32. The van der Waals surface area contributed by atoms with Gasteiger partial charge >= 0.3 is 0 Å². The predicted octanol–water partition coefficient (Wildman–Crippen LogP) is 3.29. The summed E-state index contributed by atoms with van der Waals surface area (Å²) in [6.45, 7) is 1.95. The van der Waals surface area contributed by atoms with Crippen LogP contribution in [0.25, 0.3) is 5.52 Å². The largest absolute Gasteiger partial charge is 0.497 e. The fraction of sp³-hybridized carbons (Fsp3) is 0.316. The van der Waals surface area contributed by atoms with Crippen molar-refractivity contribution in [3.05, 3.63) is 35.5 Å². The van der Waals surface area contributed by atoms with Gasteiger partial charge in [-0.2, -0.15) is 5.10 Å². The van der Waals surface area contributed by atoms with Crippen molar-refractivity contribution in [2.75, 3.05) is 32.9 Å². The van der Waals surface area contributed by atoms with Gasteiger partial charge in [0.05, 0.1) is 33.1 Å². The van der Waals surface area contributed by atoms with Crippen molar-refractivity contribution in [1.82, 2.24) is 14.6 Å². The van der Waals surface area contributed by atoms with Crippen LogP contribution in [-0.2, 0) is 6.54 Å². The number of anilines is 1. The Labute approximate surface area is 167 Å². The van der Waals surface area contributed by atoms with Crippen LogP contribution in [0.4, 0.5) is 5.82 Å². The van der Waals surface area contributed by atoms with Crippen molar-refractivity contribution in [1.29, 1.82) is 0 Å². The summed E-state index contributed by atoms with van der Waals surface area (Å²) in [6, 6.07) is 5.61. The number of rotatable bonds is 8. The van der Waals surface area contributed by atoms with Crippen molar-refractivity contribution in [2.24, 2.45) is 0 Å². The number of hydrogen-bond acceptors (Lipinski definition) is 8. The molecule has 0 atom stereocenters. The molecule has 0 aliphatic heterocycles. The maximum Gasteiger partial charge on any atom is 0.191 e. The lowest BCUT2D eigenvalue weighted by Crippen LogP contribution is -2.09. The number of benzene rings is 1. The zero-order chi connectivity index (χ0) is 20.3. The van der Waals surface area contributed by atoms with E-state index in [0.29, 0.717) is 45.8 Å². The van der Waals surface area contributed by atoms with Gasteiger partial charge in [0.25, 0.3) is 0 Å². The molecule has 0 fully saturated rings. The summed E-state index contributed by atoms with van der Waals surface area (Å²) in [5, 5.41) is 8.23. The second-order valence-electron chi connectivity index (χ2n) is 5.89. The highest BCUT2D eigenvalue weighted by molar-refractivity contribution is 7.98. The van der Waals surface area contributed by atoms with E-state index >= 15 is 0 Å². The second kappa shape index (κ2) is 8.39. The highest BCUT2D eigenvalue weighted by Gasteiger charge is 2.21. The van der Waals surface area contributed by atoms with Crippen molar-refractivity contribution in [3.63, 3.8) is 0 Å². The fourth-order valence-corrected chi connectivity index (χ4v) is 3.39. The molecule has 0 radical (unpaired) electrons. The quantitative estimate of drug-likeness (QED) is 0.349. The molecule has 3 aromatic rings. The first kappa shape index (κ1) is 19.8. The van der Waals surface area contributed by atoms with Gasteiger partial charge < -0.3 is 19.5 Å². The number of hydrogen-bond donors (Lipinski definition) is 1. The third-order valence-corrected chi connectivity index (χ3v) is 4.92. The number of nitrogens with one attached hydrogen (secondary N) is 1. The number of fused-ring (bicyclic) bond motifs is 1. The predicted molar refractivity (Wildman–Crippen MR) is 108 cm³/mol. The summed E-state index contributed by atoms with van der Waals surface area (Å²) < 4.78 is 17.9. The first-order valence-electron chi connectivity index (χ1n) is 8.49. The summed E-state index contributed by atoms with van der Waals surface area (Å²) in [7, 11) is 4.77. The number of carbonyl (C=O) groups is 1. The summed E-state index contributed by atoms with van der Waals surface area (Å²) in [5.41, 5.74) is 2.01. The van der Waals surface area contributed by atoms with E-state index in [0.717, 1.165) is 5.56 Å². The molecule has 0 saturated heterocycles. The first-order valence-corrected chi connectivity index (χ1v) is 9.71. The number of nitrogens with zero attached hydrogens (tertiary/aromatic N) is 3. The third-order valence-electron chi connectivity index (χ3n) is 4.29. The van der Waals surface area contributed by atoms with Crippen LogP contribution in [0.3, 0.4) is 0 Å². The van der Waals surface area contributed by atoms with Crippen molar-refractivity contribution >= 4 is 28.9 Å². The SMILES string of the molecule is COc1ccc(CNc2nc(SC)n3ncc(C(C)=O)c3c2OC)c(OC)c1. The summed E-state index contributed by atoms with van der Waals surface area (Å²) in [6.07, 6.45) is 3.44. The Balaban J connectivity index is 2.03. The van der Waals surface area contributed by atoms with Gasteiger partial charge in [-0.05, 0) is 25.3 Å². The normalized spacial score (nSPS) is 10.8. The van der Waals surface area contributed by atoms with E-state index in [2.05, 4.69) is 15.4 Å². The molecule has 0 bridgehead atoms. The molecule has 3 rings (SSSR count). The van der Waals surface area contributed by atoms with Gasteiger partial charge in [-0.25, -0.2) is 9.50 Å². The topological polar surface area (TPSA) is 87.0 Å². The van der Waals surface area contributed by atoms with Crippen LogP contribution >= 0.6 is 11.8 Å². The molecule has 2 heterocycles. The van der Waals surface area contributed by atoms with Gasteiger partial charge in [-0.1, -0.05) is 11.8 Å². The zero-order valence-corrected chi connectivity index (χ0v) is 17.2. The molecule has 2 aromatic heterocycles. The van der Waals surface area contributed by atoms with Crippen LogP contribution in [0.5, 0.6) is 17.2 Å². The molecule has 0 aliphatic carbocycles. The van der Waals surface area contributed by atoms with Gasteiger partial charge in [0.1, 0.15) is 17.0 Å². The van der Waals surface area contributed by atoms with E-state index < -0.39 is 0 Å². The molecule has 148 valence electrons. The van der Waals surface area contributed by atoms with Gasteiger partial charge in [-0.3, -0.25) is 4.79 Å². The maximum atomic E-state index is 12.0. The van der Waals surface area contributed by atoms with Crippen LogP contribution in [-0.4, -0.2) is 48.0 Å². The highest BCUT2D eigenvalue weighted by atomic mass is 32.2. The smallest absolute Gasteiger partial charge is 0.191 e. The molecule has 1 aromatic carbocycles. The van der Waals surface area contributed by atoms with E-state index in [1.54, 1.807) is 25.8 Å². The Kier molecular flexibility index (Phi) is 5.93.